The van der Waals surface area contributed by atoms with E-state index < -0.39 is 0 Å². The van der Waals surface area contributed by atoms with Gasteiger partial charge in [-0.3, -0.25) is 0 Å². The number of halogens is 1. The molecule has 2 rings (SSSR count). The lowest BCUT2D eigenvalue weighted by Crippen LogP contribution is -2.21. The molecule has 2 aromatic rings. The van der Waals surface area contributed by atoms with E-state index in [1.54, 1.807) is 18.4 Å². The third kappa shape index (κ3) is 3.60. The Hall–Kier alpha value is -0.360. The summed E-state index contributed by atoms with van der Waals surface area (Å²) >= 11 is 7.26. The minimum Gasteiger partial charge on any atom is -0.496 e. The second-order valence-corrected chi connectivity index (χ2v) is 7.43. The molecule has 0 bridgehead atoms. The number of ether oxygens (including phenoxy) is 1. The van der Waals surface area contributed by atoms with Crippen LogP contribution in [0.5, 0.6) is 5.75 Å². The second kappa shape index (κ2) is 6.88. The van der Waals surface area contributed by atoms with Gasteiger partial charge in [0.05, 0.1) is 13.2 Å². The first-order chi connectivity index (χ1) is 9.15. The maximum absolute atomic E-state index is 5.30. The van der Waals surface area contributed by atoms with Crippen molar-refractivity contribution in [2.75, 3.05) is 13.7 Å². The van der Waals surface area contributed by atoms with Crippen LogP contribution in [0.1, 0.15) is 34.0 Å². The summed E-state index contributed by atoms with van der Waals surface area (Å²) in [4.78, 5) is 3.97. The molecule has 0 saturated carbocycles. The Morgan fingerprint density at radius 3 is 2.74 bits per heavy atom. The summed E-state index contributed by atoms with van der Waals surface area (Å²) in [6, 6.07) is 4.56. The second-order valence-electron chi connectivity index (χ2n) is 4.35. The van der Waals surface area contributed by atoms with Crippen molar-refractivity contribution in [3.05, 3.63) is 36.6 Å². The van der Waals surface area contributed by atoms with Crippen LogP contribution in [0, 0.1) is 6.92 Å². The molecule has 0 aliphatic heterocycles. The zero-order chi connectivity index (χ0) is 13.8. The Morgan fingerprint density at radius 2 is 2.21 bits per heavy atom. The Labute approximate surface area is 130 Å². The first kappa shape index (κ1) is 15.0. The van der Waals surface area contributed by atoms with Gasteiger partial charge in [0.15, 0.2) is 0 Å². The normalized spacial score (nSPS) is 12.6. The Morgan fingerprint density at radius 1 is 1.42 bits per heavy atom. The molecule has 2 aromatic heterocycles. The van der Waals surface area contributed by atoms with Gasteiger partial charge in [0.25, 0.3) is 0 Å². The van der Waals surface area contributed by atoms with Gasteiger partial charge in [-0.2, -0.15) is 0 Å². The van der Waals surface area contributed by atoms with E-state index in [-0.39, 0.29) is 6.04 Å². The van der Waals surface area contributed by atoms with Gasteiger partial charge in [0.1, 0.15) is 5.75 Å². The molecule has 1 atom stereocenters. The van der Waals surface area contributed by atoms with Gasteiger partial charge >= 0.3 is 0 Å². The molecule has 19 heavy (non-hydrogen) atoms. The molecule has 1 unspecified atom stereocenters. The number of rotatable bonds is 6. The monoisotopic (exact) mass is 359 g/mol. The van der Waals surface area contributed by atoms with Gasteiger partial charge in [0, 0.05) is 24.5 Å². The zero-order valence-corrected chi connectivity index (χ0v) is 14.5. The molecule has 2 nitrogen and oxygen atoms in total. The van der Waals surface area contributed by atoms with Gasteiger partial charge in [0.2, 0.25) is 0 Å². The summed E-state index contributed by atoms with van der Waals surface area (Å²) in [6.45, 7) is 5.34. The number of hydrogen-bond acceptors (Lipinski definition) is 4. The van der Waals surface area contributed by atoms with E-state index in [1.807, 2.05) is 11.3 Å². The van der Waals surface area contributed by atoms with E-state index in [0.717, 1.165) is 18.7 Å². The summed E-state index contributed by atoms with van der Waals surface area (Å²) in [5.41, 5.74) is 0. The quantitative estimate of drug-likeness (QED) is 0.785. The molecule has 0 radical (unpaired) electrons. The molecule has 104 valence electrons. The summed E-state index contributed by atoms with van der Waals surface area (Å²) in [6.07, 6.45) is 1.13. The highest BCUT2D eigenvalue weighted by Gasteiger charge is 2.20. The summed E-state index contributed by atoms with van der Waals surface area (Å²) in [5.74, 6) is 0.938. The third-order valence-electron chi connectivity index (χ3n) is 2.81. The molecule has 0 saturated heterocycles. The Bertz CT molecular complexity index is 535. The number of aryl methyl sites for hydroxylation is 1. The molecule has 0 fully saturated rings. The smallest absolute Gasteiger partial charge is 0.129 e. The first-order valence-electron chi connectivity index (χ1n) is 6.27. The van der Waals surface area contributed by atoms with Crippen molar-refractivity contribution in [1.29, 1.82) is 0 Å². The van der Waals surface area contributed by atoms with Crippen molar-refractivity contribution in [3.63, 3.8) is 0 Å². The third-order valence-corrected chi connectivity index (χ3v) is 5.82. The lowest BCUT2D eigenvalue weighted by atomic mass is 10.2. The number of nitrogens with one attached hydrogen (secondary N) is 1. The van der Waals surface area contributed by atoms with Crippen molar-refractivity contribution in [1.82, 2.24) is 5.32 Å². The van der Waals surface area contributed by atoms with Crippen LogP contribution in [0.15, 0.2) is 22.0 Å². The van der Waals surface area contributed by atoms with Crippen molar-refractivity contribution in [2.24, 2.45) is 0 Å². The van der Waals surface area contributed by atoms with E-state index in [2.05, 4.69) is 52.6 Å². The topological polar surface area (TPSA) is 21.3 Å². The van der Waals surface area contributed by atoms with Crippen LogP contribution in [0.25, 0.3) is 0 Å². The number of methoxy groups -OCH3 is 1. The van der Waals surface area contributed by atoms with Gasteiger partial charge in [-0.15, -0.1) is 22.7 Å². The molecule has 5 heteroatoms. The highest BCUT2D eigenvalue weighted by atomic mass is 79.9. The van der Waals surface area contributed by atoms with Crippen molar-refractivity contribution in [2.45, 2.75) is 26.3 Å². The van der Waals surface area contributed by atoms with Crippen molar-refractivity contribution >= 4 is 38.6 Å². The predicted octanol–water partition coefficient (Wildman–Crippen LogP) is 4.98. The summed E-state index contributed by atoms with van der Waals surface area (Å²) in [7, 11) is 1.71. The highest BCUT2D eigenvalue weighted by Crippen LogP contribution is 2.38. The Kier molecular flexibility index (Phi) is 5.45. The molecule has 0 spiro atoms. The minimum absolute atomic E-state index is 0.252. The van der Waals surface area contributed by atoms with Crippen molar-refractivity contribution in [3.8, 4) is 5.75 Å². The van der Waals surface area contributed by atoms with Crippen LogP contribution in [0.4, 0.5) is 0 Å². The first-order valence-corrected chi connectivity index (χ1v) is 8.76. The van der Waals surface area contributed by atoms with E-state index in [1.165, 1.54) is 19.1 Å². The van der Waals surface area contributed by atoms with E-state index in [9.17, 15) is 0 Å². The largest absolute Gasteiger partial charge is 0.496 e. The van der Waals surface area contributed by atoms with Crippen LogP contribution in [0.2, 0.25) is 0 Å². The maximum atomic E-state index is 5.30. The SMILES string of the molecule is CCCNC(c1cc(OC)cs1)c1sc(C)cc1Br. The van der Waals surface area contributed by atoms with Crippen LogP contribution >= 0.6 is 38.6 Å². The van der Waals surface area contributed by atoms with E-state index >= 15 is 0 Å². The van der Waals surface area contributed by atoms with Crippen LogP contribution in [-0.2, 0) is 0 Å². The summed E-state index contributed by atoms with van der Waals surface area (Å²) < 4.78 is 6.49. The minimum atomic E-state index is 0.252. The Balaban J connectivity index is 2.32. The molecule has 0 aromatic carbocycles. The number of thiophene rings is 2. The van der Waals surface area contributed by atoms with E-state index in [4.69, 9.17) is 4.74 Å². The maximum Gasteiger partial charge on any atom is 0.129 e. The van der Waals surface area contributed by atoms with Crippen LogP contribution in [0.3, 0.4) is 0 Å². The average molecular weight is 360 g/mol. The van der Waals surface area contributed by atoms with Crippen LogP contribution < -0.4 is 10.1 Å². The molecule has 2 heterocycles. The molecular weight excluding hydrogens is 342 g/mol. The molecule has 0 aliphatic carbocycles. The van der Waals surface area contributed by atoms with Gasteiger partial charge in [-0.1, -0.05) is 6.92 Å². The fraction of sp³-hybridized carbons (Fsp3) is 0.429. The van der Waals surface area contributed by atoms with Gasteiger partial charge in [-0.25, -0.2) is 0 Å². The van der Waals surface area contributed by atoms with Gasteiger partial charge in [-0.05, 0) is 48.0 Å². The lowest BCUT2D eigenvalue weighted by molar-refractivity contribution is 0.416. The molecular formula is C14H18BrNOS2. The number of hydrogen-bond donors (Lipinski definition) is 1. The molecule has 1 N–H and O–H groups in total. The molecule has 0 amide bonds. The highest BCUT2D eigenvalue weighted by molar-refractivity contribution is 9.10. The molecule has 0 aliphatic rings. The summed E-state index contributed by atoms with van der Waals surface area (Å²) in [5, 5.41) is 5.69. The van der Waals surface area contributed by atoms with Crippen molar-refractivity contribution < 1.29 is 4.74 Å². The lowest BCUT2D eigenvalue weighted by Gasteiger charge is -2.16. The predicted molar refractivity (Wildman–Crippen MR) is 87.8 cm³/mol. The fourth-order valence-corrected chi connectivity index (χ4v) is 4.89. The van der Waals surface area contributed by atoms with E-state index in [0.29, 0.717) is 0 Å². The zero-order valence-electron chi connectivity index (χ0n) is 11.3. The van der Waals surface area contributed by atoms with Gasteiger partial charge < -0.3 is 10.1 Å². The standard InChI is InChI=1S/C14H18BrNOS2/c1-4-5-16-13(12-7-10(17-3)8-18-12)14-11(15)6-9(2)19-14/h6-8,13,16H,4-5H2,1-3H3. The van der Waals surface area contributed by atoms with Crippen LogP contribution in [-0.4, -0.2) is 13.7 Å². The fourth-order valence-electron chi connectivity index (χ4n) is 1.90. The average Bonchev–Trinajstić information content (AvgIpc) is 2.97.